The molecule has 0 atom stereocenters. The zero-order valence-corrected chi connectivity index (χ0v) is 9.50. The number of imidazole rings is 1. The van der Waals surface area contributed by atoms with Crippen LogP contribution in [0, 0.1) is 0 Å². The number of aromatic amines is 3. The Bertz CT molecular complexity index is 610. The highest BCUT2D eigenvalue weighted by molar-refractivity contribution is 5.68. The first kappa shape index (κ1) is 11.6. The van der Waals surface area contributed by atoms with Crippen molar-refractivity contribution in [3.8, 4) is 0 Å². The molecule has 0 fully saturated rings. The number of nitrogens with zero attached hydrogens (tertiary/aromatic N) is 1. The summed E-state index contributed by atoms with van der Waals surface area (Å²) in [7, 11) is 0. The van der Waals surface area contributed by atoms with Gasteiger partial charge in [0, 0.05) is 13.0 Å². The van der Waals surface area contributed by atoms with Gasteiger partial charge in [-0.05, 0) is 6.42 Å². The molecule has 0 saturated heterocycles. The predicted octanol–water partition coefficient (Wildman–Crippen LogP) is -0.0914. The minimum absolute atomic E-state index is 0.282. The van der Waals surface area contributed by atoms with Crippen LogP contribution in [0.4, 0.5) is 0 Å². The zero-order chi connectivity index (χ0) is 12.3. The molecule has 0 amide bonds. The van der Waals surface area contributed by atoms with Gasteiger partial charge in [0.2, 0.25) is 0 Å². The predicted molar refractivity (Wildman–Crippen MR) is 62.1 cm³/mol. The summed E-state index contributed by atoms with van der Waals surface area (Å²) in [5, 5.41) is 0. The minimum atomic E-state index is -0.553. The number of fused-ring (bicyclic) bond motifs is 1. The highest BCUT2D eigenvalue weighted by Gasteiger charge is 2.07. The molecule has 17 heavy (non-hydrogen) atoms. The molecule has 0 bridgehead atoms. The third-order valence-electron chi connectivity index (χ3n) is 2.27. The Morgan fingerprint density at radius 2 is 2.00 bits per heavy atom. The first-order valence-corrected chi connectivity index (χ1v) is 5.49. The number of rotatable bonds is 5. The summed E-state index contributed by atoms with van der Waals surface area (Å²) in [4.78, 5) is 34.0. The average Bonchev–Trinajstić information content (AvgIpc) is 2.67. The molecule has 2 rings (SSSR count). The van der Waals surface area contributed by atoms with Gasteiger partial charge in [-0.3, -0.25) is 14.8 Å². The topological polar surface area (TPSA) is 104 Å². The van der Waals surface area contributed by atoms with Crippen molar-refractivity contribution in [2.45, 2.75) is 19.8 Å². The maximum absolute atomic E-state index is 11.4. The minimum Gasteiger partial charge on any atom is -0.381 e. The Kier molecular flexibility index (Phi) is 3.38. The van der Waals surface area contributed by atoms with Crippen LogP contribution in [0.2, 0.25) is 0 Å². The van der Waals surface area contributed by atoms with Crippen molar-refractivity contribution in [2.24, 2.45) is 0 Å². The van der Waals surface area contributed by atoms with Gasteiger partial charge in [0.25, 0.3) is 5.56 Å². The molecule has 7 heteroatoms. The van der Waals surface area contributed by atoms with E-state index >= 15 is 0 Å². The lowest BCUT2D eigenvalue weighted by Gasteiger charge is -1.98. The van der Waals surface area contributed by atoms with Crippen molar-refractivity contribution in [3.05, 3.63) is 26.7 Å². The largest absolute Gasteiger partial charge is 0.381 e. The number of H-pyrrole nitrogens is 3. The molecule has 0 unspecified atom stereocenters. The van der Waals surface area contributed by atoms with Gasteiger partial charge in [-0.1, -0.05) is 6.92 Å². The summed E-state index contributed by atoms with van der Waals surface area (Å²) < 4.78 is 5.32. The van der Waals surface area contributed by atoms with Gasteiger partial charge in [0.15, 0.2) is 5.65 Å². The summed E-state index contributed by atoms with van der Waals surface area (Å²) in [6.07, 6.45) is 1.54. The molecule has 0 aromatic carbocycles. The van der Waals surface area contributed by atoms with Crippen LogP contribution in [0.15, 0.2) is 9.59 Å². The van der Waals surface area contributed by atoms with E-state index in [-0.39, 0.29) is 11.2 Å². The highest BCUT2D eigenvalue weighted by Crippen LogP contribution is 2.02. The lowest BCUT2D eigenvalue weighted by Crippen LogP contribution is -2.21. The molecule has 2 heterocycles. The molecule has 0 saturated carbocycles. The Balaban J connectivity index is 2.18. The molecule has 92 valence electrons. The van der Waals surface area contributed by atoms with Crippen molar-refractivity contribution < 1.29 is 4.74 Å². The van der Waals surface area contributed by atoms with Gasteiger partial charge in [0.05, 0.1) is 6.61 Å². The summed E-state index contributed by atoms with van der Waals surface area (Å²) in [5.41, 5.74) is -0.445. The summed E-state index contributed by atoms with van der Waals surface area (Å²) in [6, 6.07) is 0. The average molecular weight is 238 g/mol. The third kappa shape index (κ3) is 2.62. The van der Waals surface area contributed by atoms with Crippen LogP contribution in [0.5, 0.6) is 0 Å². The Morgan fingerprint density at radius 1 is 1.18 bits per heavy atom. The van der Waals surface area contributed by atoms with E-state index in [0.29, 0.717) is 25.5 Å². The van der Waals surface area contributed by atoms with Crippen molar-refractivity contribution in [1.29, 1.82) is 0 Å². The maximum atomic E-state index is 11.4. The van der Waals surface area contributed by atoms with Crippen LogP contribution in [-0.2, 0) is 11.2 Å². The molecule has 3 N–H and O–H groups in total. The normalized spacial score (nSPS) is 11.1. The van der Waals surface area contributed by atoms with Crippen LogP contribution in [0.25, 0.3) is 11.2 Å². The molecular formula is C10H14N4O3. The molecule has 0 aliphatic heterocycles. The van der Waals surface area contributed by atoms with Gasteiger partial charge >= 0.3 is 5.69 Å². The van der Waals surface area contributed by atoms with E-state index in [4.69, 9.17) is 4.74 Å². The molecule has 2 aromatic heterocycles. The van der Waals surface area contributed by atoms with Crippen molar-refractivity contribution in [3.63, 3.8) is 0 Å². The standard InChI is InChI=1S/C10H14N4O3/c1-2-4-17-5-3-6-11-7-8(12-6)13-10(16)14-9(7)15/h2-5H2,1H3,(H3,11,12,13,14,15,16). The maximum Gasteiger partial charge on any atom is 0.327 e. The molecular weight excluding hydrogens is 224 g/mol. The van der Waals surface area contributed by atoms with Crippen molar-refractivity contribution in [1.82, 2.24) is 19.9 Å². The van der Waals surface area contributed by atoms with Crippen LogP contribution in [-0.4, -0.2) is 33.1 Å². The smallest absolute Gasteiger partial charge is 0.327 e. The fraction of sp³-hybridized carbons (Fsp3) is 0.500. The first-order valence-electron chi connectivity index (χ1n) is 5.49. The summed E-state index contributed by atoms with van der Waals surface area (Å²) in [6.45, 7) is 3.28. The van der Waals surface area contributed by atoms with Crippen LogP contribution >= 0.6 is 0 Å². The molecule has 7 nitrogen and oxygen atoms in total. The Hall–Kier alpha value is -1.89. The first-order chi connectivity index (χ1) is 8.20. The monoisotopic (exact) mass is 238 g/mol. The fourth-order valence-electron chi connectivity index (χ4n) is 1.52. The lowest BCUT2D eigenvalue weighted by atomic mass is 10.4. The number of hydrogen-bond donors (Lipinski definition) is 3. The van der Waals surface area contributed by atoms with Gasteiger partial charge < -0.3 is 9.72 Å². The van der Waals surface area contributed by atoms with E-state index < -0.39 is 11.2 Å². The van der Waals surface area contributed by atoms with Crippen molar-refractivity contribution >= 4 is 11.2 Å². The number of ether oxygens (including phenoxy) is 1. The van der Waals surface area contributed by atoms with Gasteiger partial charge in [-0.2, -0.15) is 0 Å². The van der Waals surface area contributed by atoms with Gasteiger partial charge in [-0.15, -0.1) is 0 Å². The second-order valence-electron chi connectivity index (χ2n) is 3.68. The van der Waals surface area contributed by atoms with E-state index in [0.717, 1.165) is 6.42 Å². The van der Waals surface area contributed by atoms with E-state index in [1.54, 1.807) is 0 Å². The summed E-state index contributed by atoms with van der Waals surface area (Å²) in [5.74, 6) is 0.628. The van der Waals surface area contributed by atoms with E-state index in [9.17, 15) is 9.59 Å². The molecule has 0 radical (unpaired) electrons. The zero-order valence-electron chi connectivity index (χ0n) is 9.50. The van der Waals surface area contributed by atoms with E-state index in [2.05, 4.69) is 19.9 Å². The van der Waals surface area contributed by atoms with Gasteiger partial charge in [0.1, 0.15) is 11.3 Å². The molecule has 0 aliphatic carbocycles. The summed E-state index contributed by atoms with van der Waals surface area (Å²) >= 11 is 0. The number of aromatic nitrogens is 4. The lowest BCUT2D eigenvalue weighted by molar-refractivity contribution is 0.137. The SMILES string of the molecule is CCCOCCc1nc2[nH]c(=O)[nH]c(=O)c2[nH]1. The highest BCUT2D eigenvalue weighted by atomic mass is 16.5. The van der Waals surface area contributed by atoms with E-state index in [1.807, 2.05) is 6.92 Å². The van der Waals surface area contributed by atoms with Crippen molar-refractivity contribution in [2.75, 3.05) is 13.2 Å². The Labute approximate surface area is 96.2 Å². The molecule has 0 aliphatic rings. The fourth-order valence-corrected chi connectivity index (χ4v) is 1.52. The third-order valence-corrected chi connectivity index (χ3v) is 2.27. The van der Waals surface area contributed by atoms with Crippen LogP contribution in [0.3, 0.4) is 0 Å². The van der Waals surface area contributed by atoms with Crippen LogP contribution in [0.1, 0.15) is 19.2 Å². The van der Waals surface area contributed by atoms with Crippen LogP contribution < -0.4 is 11.2 Å². The second kappa shape index (κ2) is 4.96. The number of hydrogen-bond acceptors (Lipinski definition) is 4. The number of nitrogens with one attached hydrogen (secondary N) is 3. The molecule has 0 spiro atoms. The quantitative estimate of drug-likeness (QED) is 0.633. The second-order valence-corrected chi connectivity index (χ2v) is 3.68. The molecule has 2 aromatic rings. The van der Waals surface area contributed by atoms with E-state index in [1.165, 1.54) is 0 Å². The van der Waals surface area contributed by atoms with Gasteiger partial charge in [-0.25, -0.2) is 9.78 Å². The Morgan fingerprint density at radius 3 is 2.76 bits per heavy atom.